The van der Waals surface area contributed by atoms with Crippen LogP contribution in [-0.4, -0.2) is 0 Å². The van der Waals surface area contributed by atoms with Crippen LogP contribution in [0, 0.1) is 0 Å². The zero-order valence-corrected chi connectivity index (χ0v) is 39.4. The highest BCUT2D eigenvalue weighted by molar-refractivity contribution is 7.26. The maximum atomic E-state index is 6.99. The topological polar surface area (TPSA) is 12.5 Å². The van der Waals surface area contributed by atoms with Gasteiger partial charge in [0, 0.05) is 48.4 Å². The summed E-state index contributed by atoms with van der Waals surface area (Å²) < 4.78 is 9.53. The van der Waals surface area contributed by atoms with Gasteiger partial charge in [0.15, 0.2) is 0 Å². The lowest BCUT2D eigenvalue weighted by Crippen LogP contribution is -2.32. The predicted octanol–water partition coefficient (Wildman–Crippen LogP) is 18.0. The van der Waals surface area contributed by atoms with Crippen molar-refractivity contribution in [3.63, 3.8) is 0 Å². The van der Waals surface area contributed by atoms with E-state index in [2.05, 4.69) is 266 Å². The number of fused-ring (bicyclic) bond motifs is 15. The Morgan fingerprint density at radius 1 is 0.310 bits per heavy atom. The summed E-state index contributed by atoms with van der Waals surface area (Å²) in [4.78, 5) is 2.49. The smallest absolute Gasteiger partial charge is 0.132 e. The first kappa shape index (κ1) is 40.2. The maximum absolute atomic E-state index is 6.99. The molecule has 0 atom stereocenters. The van der Waals surface area contributed by atoms with Gasteiger partial charge in [0.1, 0.15) is 11.5 Å². The van der Waals surface area contributed by atoms with Gasteiger partial charge in [-0.2, -0.15) is 0 Å². The lowest BCUT2D eigenvalue weighted by Gasteiger charge is -2.40. The van der Waals surface area contributed by atoms with Crippen LogP contribution < -0.4 is 9.64 Å². The predicted molar refractivity (Wildman–Crippen MR) is 294 cm³/mol. The maximum Gasteiger partial charge on any atom is 0.132 e. The molecule has 0 radical (unpaired) electrons. The van der Waals surface area contributed by atoms with Crippen molar-refractivity contribution < 1.29 is 4.74 Å². The zero-order chi connectivity index (χ0) is 46.7. The van der Waals surface area contributed by atoms with Crippen LogP contribution in [0.1, 0.15) is 44.5 Å². The van der Waals surface area contributed by atoms with Crippen molar-refractivity contribution in [2.45, 2.75) is 10.8 Å². The second-order valence-corrected chi connectivity index (χ2v) is 20.1. The van der Waals surface area contributed by atoms with Gasteiger partial charge in [0.05, 0.1) is 10.8 Å². The van der Waals surface area contributed by atoms with E-state index in [4.69, 9.17) is 4.74 Å². The van der Waals surface area contributed by atoms with E-state index in [1.54, 1.807) is 0 Å². The molecule has 0 amide bonds. The number of hydrogen-bond acceptors (Lipinski definition) is 3. The van der Waals surface area contributed by atoms with E-state index >= 15 is 0 Å². The van der Waals surface area contributed by atoms with Crippen LogP contribution >= 0.6 is 11.3 Å². The Labute approximate surface area is 417 Å². The quantitative estimate of drug-likeness (QED) is 0.165. The van der Waals surface area contributed by atoms with Gasteiger partial charge >= 0.3 is 0 Å². The lowest BCUT2D eigenvalue weighted by atomic mass is 9.66. The molecule has 71 heavy (non-hydrogen) atoms. The molecule has 0 saturated heterocycles. The molecule has 3 heteroatoms. The molecule has 2 aliphatic carbocycles. The molecule has 11 aromatic carbocycles. The zero-order valence-electron chi connectivity index (χ0n) is 38.6. The van der Waals surface area contributed by atoms with Gasteiger partial charge in [-0.25, -0.2) is 0 Å². The highest BCUT2D eigenvalue weighted by Gasteiger charge is 2.51. The normalized spacial score (nSPS) is 14.0. The van der Waals surface area contributed by atoms with Gasteiger partial charge in [-0.3, -0.25) is 0 Å². The van der Waals surface area contributed by atoms with E-state index < -0.39 is 10.8 Å². The number of para-hydroxylation sites is 1. The summed E-state index contributed by atoms with van der Waals surface area (Å²) in [7, 11) is 0. The molecule has 1 aliphatic heterocycles. The summed E-state index contributed by atoms with van der Waals surface area (Å²) in [5.41, 5.74) is 19.4. The van der Waals surface area contributed by atoms with E-state index in [1.165, 1.54) is 86.9 Å². The Morgan fingerprint density at radius 2 is 0.803 bits per heavy atom. The second-order valence-electron chi connectivity index (χ2n) is 19.0. The molecular weight excluding hydrogens is 879 g/mol. The Bertz CT molecular complexity index is 4020. The van der Waals surface area contributed by atoms with E-state index in [0.717, 1.165) is 39.7 Å². The Kier molecular flexibility index (Phi) is 8.69. The van der Waals surface area contributed by atoms with Gasteiger partial charge in [0.25, 0.3) is 0 Å². The van der Waals surface area contributed by atoms with Crippen LogP contribution in [0.2, 0.25) is 0 Å². The Morgan fingerprint density at radius 3 is 1.48 bits per heavy atom. The van der Waals surface area contributed by atoms with E-state index in [9.17, 15) is 0 Å². The van der Waals surface area contributed by atoms with Crippen LogP contribution in [-0.2, 0) is 10.8 Å². The molecule has 15 rings (SSSR count). The number of nitrogens with zero attached hydrogens (tertiary/aromatic N) is 1. The molecule has 1 spiro atoms. The number of ether oxygens (including phenoxy) is 1. The minimum absolute atomic E-state index is 0.567. The average Bonchev–Trinajstić information content (AvgIpc) is 4.08. The molecule has 0 unspecified atom stereocenters. The van der Waals surface area contributed by atoms with Crippen molar-refractivity contribution in [1.82, 2.24) is 0 Å². The van der Waals surface area contributed by atoms with Crippen LogP contribution in [0.25, 0.3) is 53.6 Å². The third-order valence-corrected chi connectivity index (χ3v) is 16.7. The van der Waals surface area contributed by atoms with E-state index in [0.29, 0.717) is 0 Å². The molecule has 0 N–H and O–H groups in total. The first-order valence-electron chi connectivity index (χ1n) is 24.5. The minimum Gasteiger partial charge on any atom is -0.457 e. The van der Waals surface area contributed by atoms with E-state index in [1.807, 2.05) is 11.3 Å². The number of benzene rings is 11. The summed E-state index contributed by atoms with van der Waals surface area (Å²) in [6.07, 6.45) is 0. The summed E-state index contributed by atoms with van der Waals surface area (Å²) in [6, 6.07) is 96.6. The van der Waals surface area contributed by atoms with Crippen molar-refractivity contribution in [2.75, 3.05) is 4.90 Å². The highest BCUT2D eigenvalue weighted by atomic mass is 32.1. The molecule has 0 bridgehead atoms. The van der Waals surface area contributed by atoms with Crippen LogP contribution in [0.4, 0.5) is 17.1 Å². The standard InChI is InChI=1S/C68H43NOS/c1-3-19-44(20-4-1)50-29-18-36-65-66(50)55-42-48(38-40-64(55)71-65)69(47-24-17-23-46(41-47)67(45-21-5-2-6-22-45)56-30-11-7-25-51(56)52-26-8-12-31-57(52)67)49-37-39-63-61(43-49)68(60-34-15-16-35-62(60)70-63)58-32-13-9-27-53(58)54-28-10-14-33-59(54)68/h1-43H. The van der Waals surface area contributed by atoms with Crippen molar-refractivity contribution in [1.29, 1.82) is 0 Å². The first-order chi connectivity index (χ1) is 35.2. The van der Waals surface area contributed by atoms with Gasteiger partial charge in [-0.15, -0.1) is 11.3 Å². The van der Waals surface area contributed by atoms with Crippen LogP contribution in [0.15, 0.2) is 261 Å². The molecule has 0 saturated carbocycles. The molecule has 1 aromatic heterocycles. The number of anilines is 3. The Hall–Kier alpha value is -8.76. The molecular formula is C68H43NOS. The van der Waals surface area contributed by atoms with Gasteiger partial charge in [-0.05, 0) is 127 Å². The van der Waals surface area contributed by atoms with Gasteiger partial charge < -0.3 is 9.64 Å². The molecule has 2 heterocycles. The fraction of sp³-hybridized carbons (Fsp3) is 0.0294. The third kappa shape index (κ3) is 5.58. The summed E-state index contributed by atoms with van der Waals surface area (Å²) in [6.45, 7) is 0. The SMILES string of the molecule is c1ccc(-c2cccc3sc4ccc(N(c5cccc(C6(c7ccccc7)c7ccccc7-c7ccccc76)c5)c5ccc6c(c5)C5(c7ccccc7O6)c6ccccc6-c6ccccc65)cc4c23)cc1. The largest absolute Gasteiger partial charge is 0.457 e. The fourth-order valence-corrected chi connectivity index (χ4v) is 13.9. The molecule has 2 nitrogen and oxygen atoms in total. The van der Waals surface area contributed by atoms with E-state index in [-0.39, 0.29) is 0 Å². The van der Waals surface area contributed by atoms with Gasteiger partial charge in [0.2, 0.25) is 0 Å². The molecule has 3 aliphatic rings. The average molecular weight is 922 g/mol. The minimum atomic E-state index is -0.617. The third-order valence-electron chi connectivity index (χ3n) is 15.6. The van der Waals surface area contributed by atoms with Crippen LogP contribution in [0.5, 0.6) is 11.5 Å². The Balaban J connectivity index is 1.02. The lowest BCUT2D eigenvalue weighted by molar-refractivity contribution is 0.436. The number of rotatable bonds is 6. The summed E-state index contributed by atoms with van der Waals surface area (Å²) in [5, 5.41) is 2.53. The van der Waals surface area contributed by atoms with Crippen molar-refractivity contribution >= 4 is 48.6 Å². The number of hydrogen-bond donors (Lipinski definition) is 0. The van der Waals surface area contributed by atoms with Crippen molar-refractivity contribution in [2.24, 2.45) is 0 Å². The second kappa shape index (κ2) is 15.4. The fourth-order valence-electron chi connectivity index (χ4n) is 12.8. The monoisotopic (exact) mass is 921 g/mol. The van der Waals surface area contributed by atoms with Gasteiger partial charge in [-0.1, -0.05) is 200 Å². The van der Waals surface area contributed by atoms with Crippen molar-refractivity contribution in [3.8, 4) is 44.9 Å². The molecule has 12 aromatic rings. The molecule has 332 valence electrons. The highest BCUT2D eigenvalue weighted by Crippen LogP contribution is 2.63. The molecule has 0 fully saturated rings. The summed E-state index contributed by atoms with van der Waals surface area (Å²) >= 11 is 1.86. The van der Waals surface area contributed by atoms with Crippen LogP contribution in [0.3, 0.4) is 0 Å². The summed E-state index contributed by atoms with van der Waals surface area (Å²) in [5.74, 6) is 1.75. The number of thiophene rings is 1. The van der Waals surface area contributed by atoms with Crippen molar-refractivity contribution in [3.05, 3.63) is 305 Å². The first-order valence-corrected chi connectivity index (χ1v) is 25.3.